The lowest BCUT2D eigenvalue weighted by Gasteiger charge is -2.37. The zero-order valence-electron chi connectivity index (χ0n) is 14.1. The smallest absolute Gasteiger partial charge is 0.322 e. The van der Waals surface area contributed by atoms with Crippen LogP contribution in [0.15, 0.2) is 0 Å². The number of hydrogen-bond donors (Lipinski definition) is 2. The first-order valence-electron chi connectivity index (χ1n) is 8.51. The van der Waals surface area contributed by atoms with E-state index >= 15 is 0 Å². The fraction of sp³-hybridized carbons (Fsp3) is 0.750. The van der Waals surface area contributed by atoms with Crippen LogP contribution in [0.1, 0.15) is 33.1 Å². The lowest BCUT2D eigenvalue weighted by molar-refractivity contribution is -0.139. The largest absolute Gasteiger partial charge is 0.342 e. The zero-order valence-corrected chi connectivity index (χ0v) is 14.1. The summed E-state index contributed by atoms with van der Waals surface area (Å²) in [6, 6.07) is -0.467. The molecule has 0 aromatic rings. The van der Waals surface area contributed by atoms with Crippen molar-refractivity contribution < 1.29 is 19.2 Å². The molecule has 3 fully saturated rings. The number of carbonyl (C=O) groups excluding carboxylic acids is 4. The minimum Gasteiger partial charge on any atom is -0.342 e. The van der Waals surface area contributed by atoms with Crippen molar-refractivity contribution in [2.24, 2.45) is 11.8 Å². The summed E-state index contributed by atoms with van der Waals surface area (Å²) in [5.41, 5.74) is -0.872. The van der Waals surface area contributed by atoms with Crippen LogP contribution in [-0.4, -0.2) is 65.3 Å². The summed E-state index contributed by atoms with van der Waals surface area (Å²) in [6.07, 6.45) is 1.09. The fourth-order valence-electron chi connectivity index (χ4n) is 3.80. The van der Waals surface area contributed by atoms with Gasteiger partial charge in [-0.3, -0.25) is 19.7 Å². The van der Waals surface area contributed by atoms with Crippen LogP contribution in [0.25, 0.3) is 0 Å². The second-order valence-corrected chi connectivity index (χ2v) is 7.41. The van der Waals surface area contributed by atoms with Gasteiger partial charge in [-0.15, -0.1) is 0 Å². The molecule has 24 heavy (non-hydrogen) atoms. The molecule has 132 valence electrons. The predicted octanol–water partition coefficient (Wildman–Crippen LogP) is -0.308. The van der Waals surface area contributed by atoms with Gasteiger partial charge < -0.3 is 15.1 Å². The van der Waals surface area contributed by atoms with Gasteiger partial charge in [-0.1, -0.05) is 13.8 Å². The summed E-state index contributed by atoms with van der Waals surface area (Å²) in [7, 11) is 0. The van der Waals surface area contributed by atoms with Crippen LogP contribution in [0.3, 0.4) is 0 Å². The first-order valence-corrected chi connectivity index (χ1v) is 8.51. The summed E-state index contributed by atoms with van der Waals surface area (Å²) in [4.78, 5) is 51.5. The topological polar surface area (TPSA) is 98.8 Å². The molecule has 0 aromatic carbocycles. The number of hydrogen-bond acceptors (Lipinski definition) is 4. The van der Waals surface area contributed by atoms with Crippen molar-refractivity contribution in [1.82, 2.24) is 20.4 Å². The van der Waals surface area contributed by atoms with Crippen LogP contribution in [0.4, 0.5) is 4.79 Å². The Morgan fingerprint density at radius 2 is 1.92 bits per heavy atom. The van der Waals surface area contributed by atoms with Gasteiger partial charge in [0, 0.05) is 32.6 Å². The van der Waals surface area contributed by atoms with Gasteiger partial charge in [0.25, 0.3) is 5.91 Å². The number of carbonyl (C=O) groups is 4. The number of amides is 5. The van der Waals surface area contributed by atoms with E-state index in [2.05, 4.69) is 10.6 Å². The minimum absolute atomic E-state index is 0.0193. The van der Waals surface area contributed by atoms with Crippen LogP contribution in [0, 0.1) is 11.8 Å². The van der Waals surface area contributed by atoms with Gasteiger partial charge in [0.05, 0.1) is 5.92 Å². The molecule has 1 spiro atoms. The van der Waals surface area contributed by atoms with Crippen molar-refractivity contribution in [3.63, 3.8) is 0 Å². The Labute approximate surface area is 140 Å². The number of nitrogens with zero attached hydrogens (tertiary/aromatic N) is 2. The molecule has 1 atom stereocenters. The van der Waals surface area contributed by atoms with E-state index in [4.69, 9.17) is 0 Å². The molecule has 5 amide bonds. The summed E-state index contributed by atoms with van der Waals surface area (Å²) in [5, 5.41) is 4.95. The van der Waals surface area contributed by atoms with E-state index in [0.717, 1.165) is 0 Å². The highest BCUT2D eigenvalue weighted by molar-refractivity contribution is 6.07. The summed E-state index contributed by atoms with van der Waals surface area (Å²) in [5.74, 6) is -0.203. The fourth-order valence-corrected chi connectivity index (χ4v) is 3.80. The SMILES string of the molecule is CC(C)CN1C[C@H](C(=O)N2CCC3(CC2)NC(=O)NC3=O)CC1=O. The Morgan fingerprint density at radius 1 is 1.25 bits per heavy atom. The van der Waals surface area contributed by atoms with Crippen molar-refractivity contribution in [2.75, 3.05) is 26.2 Å². The van der Waals surface area contributed by atoms with Crippen molar-refractivity contribution in [3.05, 3.63) is 0 Å². The van der Waals surface area contributed by atoms with E-state index in [1.54, 1.807) is 9.80 Å². The normalized spacial score (nSPS) is 26.3. The maximum absolute atomic E-state index is 12.7. The van der Waals surface area contributed by atoms with Gasteiger partial charge in [-0.2, -0.15) is 0 Å². The van der Waals surface area contributed by atoms with Gasteiger partial charge in [-0.25, -0.2) is 4.79 Å². The zero-order chi connectivity index (χ0) is 17.5. The first-order chi connectivity index (χ1) is 11.3. The highest BCUT2D eigenvalue weighted by atomic mass is 16.2. The number of imide groups is 1. The maximum Gasteiger partial charge on any atom is 0.322 e. The van der Waals surface area contributed by atoms with Gasteiger partial charge in [0.1, 0.15) is 5.54 Å². The Morgan fingerprint density at radius 3 is 2.46 bits per heavy atom. The van der Waals surface area contributed by atoms with Gasteiger partial charge in [0.2, 0.25) is 11.8 Å². The first kappa shape index (κ1) is 16.7. The molecule has 3 saturated heterocycles. The second kappa shape index (κ2) is 6.07. The van der Waals surface area contributed by atoms with E-state index in [0.29, 0.717) is 44.9 Å². The van der Waals surface area contributed by atoms with Crippen molar-refractivity contribution in [2.45, 2.75) is 38.6 Å². The minimum atomic E-state index is -0.872. The van der Waals surface area contributed by atoms with Crippen LogP contribution in [-0.2, 0) is 14.4 Å². The standard InChI is InChI=1S/C16H24N4O4/c1-10(2)8-20-9-11(7-12(20)21)13(22)19-5-3-16(4-6-19)14(23)17-15(24)18-16/h10-11H,3-9H2,1-2H3,(H2,17,18,23,24)/t11-/m1/s1. The highest BCUT2D eigenvalue weighted by Crippen LogP contribution is 2.28. The molecule has 3 rings (SSSR count). The van der Waals surface area contributed by atoms with Crippen molar-refractivity contribution in [1.29, 1.82) is 0 Å². The second-order valence-electron chi connectivity index (χ2n) is 7.41. The van der Waals surface area contributed by atoms with Crippen LogP contribution < -0.4 is 10.6 Å². The van der Waals surface area contributed by atoms with Crippen molar-refractivity contribution >= 4 is 23.8 Å². The van der Waals surface area contributed by atoms with E-state index in [9.17, 15) is 19.2 Å². The summed E-state index contributed by atoms with van der Waals surface area (Å²) >= 11 is 0. The quantitative estimate of drug-likeness (QED) is 0.691. The Bertz CT molecular complexity index is 581. The number of rotatable bonds is 3. The lowest BCUT2D eigenvalue weighted by atomic mass is 9.87. The molecule has 0 radical (unpaired) electrons. The molecule has 0 bridgehead atoms. The Hall–Kier alpha value is -2.12. The van der Waals surface area contributed by atoms with Gasteiger partial charge in [-0.05, 0) is 18.8 Å². The van der Waals surface area contributed by atoms with Crippen LogP contribution in [0.5, 0.6) is 0 Å². The van der Waals surface area contributed by atoms with Crippen LogP contribution in [0.2, 0.25) is 0 Å². The van der Waals surface area contributed by atoms with E-state index in [1.807, 2.05) is 13.8 Å². The highest BCUT2D eigenvalue weighted by Gasteiger charge is 2.49. The van der Waals surface area contributed by atoms with Gasteiger partial charge in [0.15, 0.2) is 0 Å². The van der Waals surface area contributed by atoms with Gasteiger partial charge >= 0.3 is 6.03 Å². The average Bonchev–Trinajstić information content (AvgIpc) is 2.99. The molecule has 3 aliphatic rings. The molecule has 0 unspecified atom stereocenters. The molecular formula is C16H24N4O4. The molecule has 8 nitrogen and oxygen atoms in total. The molecule has 0 aromatic heterocycles. The Kier molecular flexibility index (Phi) is 4.23. The molecule has 2 N–H and O–H groups in total. The third kappa shape index (κ3) is 2.97. The molecule has 0 saturated carbocycles. The maximum atomic E-state index is 12.7. The van der Waals surface area contributed by atoms with E-state index in [1.165, 1.54) is 0 Å². The monoisotopic (exact) mass is 336 g/mol. The summed E-state index contributed by atoms with van der Waals surface area (Å²) in [6.45, 7) is 6.09. The molecular weight excluding hydrogens is 312 g/mol. The Balaban J connectivity index is 1.57. The third-order valence-electron chi connectivity index (χ3n) is 5.09. The molecule has 8 heteroatoms. The molecule has 0 aliphatic carbocycles. The van der Waals surface area contributed by atoms with Crippen LogP contribution >= 0.6 is 0 Å². The molecule has 3 heterocycles. The summed E-state index contributed by atoms with van der Waals surface area (Å²) < 4.78 is 0. The third-order valence-corrected chi connectivity index (χ3v) is 5.09. The average molecular weight is 336 g/mol. The lowest BCUT2D eigenvalue weighted by Crippen LogP contribution is -2.56. The predicted molar refractivity (Wildman–Crippen MR) is 84.7 cm³/mol. The van der Waals surface area contributed by atoms with E-state index < -0.39 is 11.6 Å². The number of piperidine rings is 1. The number of likely N-dealkylation sites (tertiary alicyclic amines) is 2. The van der Waals surface area contributed by atoms with Crippen molar-refractivity contribution in [3.8, 4) is 0 Å². The number of urea groups is 1. The molecule has 3 aliphatic heterocycles. The number of nitrogens with one attached hydrogen (secondary N) is 2. The van der Waals surface area contributed by atoms with E-state index in [-0.39, 0.29) is 30.1 Å².